The molecular formula is C26H21N5O2. The van der Waals surface area contributed by atoms with Gasteiger partial charge in [-0.25, -0.2) is 9.67 Å². The highest BCUT2D eigenvalue weighted by Gasteiger charge is 2.25. The summed E-state index contributed by atoms with van der Waals surface area (Å²) in [5.41, 5.74) is 3.04. The maximum Gasteiger partial charge on any atom is 0.262 e. The van der Waals surface area contributed by atoms with Gasteiger partial charge in [0.2, 0.25) is 0 Å². The number of fused-ring (bicyclic) bond motifs is 1. The van der Waals surface area contributed by atoms with E-state index in [2.05, 4.69) is 15.1 Å². The zero-order chi connectivity index (χ0) is 22.8. The third-order valence-corrected chi connectivity index (χ3v) is 5.50. The number of benzene rings is 2. The molecule has 7 heteroatoms. The van der Waals surface area contributed by atoms with Gasteiger partial charge in [-0.2, -0.15) is 5.10 Å². The Bertz CT molecular complexity index is 1450. The molecule has 0 aliphatic rings. The maximum absolute atomic E-state index is 13.7. The van der Waals surface area contributed by atoms with Crippen molar-refractivity contribution in [3.05, 3.63) is 108 Å². The lowest BCUT2D eigenvalue weighted by Gasteiger charge is -2.23. The second kappa shape index (κ2) is 8.55. The molecule has 3 aromatic heterocycles. The highest BCUT2D eigenvalue weighted by Crippen LogP contribution is 2.30. The Balaban J connectivity index is 1.54. The van der Waals surface area contributed by atoms with Crippen molar-refractivity contribution in [3.63, 3.8) is 0 Å². The second-order valence-electron chi connectivity index (χ2n) is 7.62. The van der Waals surface area contributed by atoms with E-state index in [9.17, 15) is 9.90 Å². The SMILES string of the molecule is Cc1c(C(=O)N(Cc2ccccn2)c2ccccc2O)cnn1-c1ccc2ccccc2n1. The van der Waals surface area contributed by atoms with Crippen molar-refractivity contribution < 1.29 is 9.90 Å². The maximum atomic E-state index is 13.7. The molecule has 33 heavy (non-hydrogen) atoms. The molecule has 0 atom stereocenters. The predicted molar refractivity (Wildman–Crippen MR) is 126 cm³/mol. The lowest BCUT2D eigenvalue weighted by molar-refractivity contribution is 0.0983. The highest BCUT2D eigenvalue weighted by atomic mass is 16.3. The number of phenolic OH excluding ortho intramolecular Hbond substituents is 1. The van der Waals surface area contributed by atoms with Crippen molar-refractivity contribution in [2.75, 3.05) is 4.90 Å². The molecule has 3 heterocycles. The van der Waals surface area contributed by atoms with Crippen LogP contribution in [0.2, 0.25) is 0 Å². The van der Waals surface area contributed by atoms with Gasteiger partial charge < -0.3 is 5.11 Å². The summed E-state index contributed by atoms with van der Waals surface area (Å²) in [6, 6.07) is 24.0. The molecule has 0 saturated heterocycles. The number of phenols is 1. The first-order chi connectivity index (χ1) is 16.1. The number of aromatic hydroxyl groups is 1. The van der Waals surface area contributed by atoms with Crippen LogP contribution in [0.15, 0.2) is 91.3 Å². The van der Waals surface area contributed by atoms with E-state index in [1.54, 1.807) is 41.3 Å². The molecule has 162 valence electrons. The molecule has 1 amide bonds. The number of para-hydroxylation sites is 3. The van der Waals surface area contributed by atoms with Crippen LogP contribution in [0.4, 0.5) is 5.69 Å². The zero-order valence-electron chi connectivity index (χ0n) is 18.0. The highest BCUT2D eigenvalue weighted by molar-refractivity contribution is 6.07. The van der Waals surface area contributed by atoms with Crippen LogP contribution in [0.25, 0.3) is 16.7 Å². The third-order valence-electron chi connectivity index (χ3n) is 5.50. The molecule has 5 aromatic rings. The Morgan fingerprint density at radius 1 is 0.970 bits per heavy atom. The van der Waals surface area contributed by atoms with E-state index in [-0.39, 0.29) is 18.2 Å². The van der Waals surface area contributed by atoms with Crippen molar-refractivity contribution in [1.29, 1.82) is 0 Å². The number of carbonyl (C=O) groups excluding carboxylic acids is 1. The minimum Gasteiger partial charge on any atom is -0.506 e. The first-order valence-corrected chi connectivity index (χ1v) is 10.5. The summed E-state index contributed by atoms with van der Waals surface area (Å²) in [6.45, 7) is 2.04. The van der Waals surface area contributed by atoms with Gasteiger partial charge in [0, 0.05) is 11.6 Å². The fourth-order valence-electron chi connectivity index (χ4n) is 3.78. The first kappa shape index (κ1) is 20.4. The normalized spacial score (nSPS) is 10.9. The third kappa shape index (κ3) is 3.92. The summed E-state index contributed by atoms with van der Waals surface area (Å²) < 4.78 is 1.66. The van der Waals surface area contributed by atoms with Crippen LogP contribution >= 0.6 is 0 Å². The predicted octanol–water partition coefficient (Wildman–Crippen LogP) is 4.68. The van der Waals surface area contributed by atoms with Crippen molar-refractivity contribution in [2.24, 2.45) is 0 Å². The molecule has 0 aliphatic heterocycles. The van der Waals surface area contributed by atoms with Crippen LogP contribution in [0.3, 0.4) is 0 Å². The number of amides is 1. The lowest BCUT2D eigenvalue weighted by atomic mass is 10.1. The lowest BCUT2D eigenvalue weighted by Crippen LogP contribution is -2.31. The number of rotatable bonds is 5. The fraction of sp³-hybridized carbons (Fsp3) is 0.0769. The van der Waals surface area contributed by atoms with E-state index in [0.717, 1.165) is 10.9 Å². The van der Waals surface area contributed by atoms with E-state index in [0.29, 0.717) is 28.5 Å². The molecule has 2 aromatic carbocycles. The quantitative estimate of drug-likeness (QED) is 0.433. The number of hydrogen-bond donors (Lipinski definition) is 1. The van der Waals surface area contributed by atoms with Crippen molar-refractivity contribution in [1.82, 2.24) is 19.7 Å². The van der Waals surface area contributed by atoms with Crippen LogP contribution in [-0.4, -0.2) is 30.8 Å². The summed E-state index contributed by atoms with van der Waals surface area (Å²) in [7, 11) is 0. The minimum absolute atomic E-state index is 0.0167. The summed E-state index contributed by atoms with van der Waals surface area (Å²) in [5.74, 6) is 0.360. The Kier molecular flexibility index (Phi) is 5.28. The van der Waals surface area contributed by atoms with E-state index >= 15 is 0 Å². The van der Waals surface area contributed by atoms with Crippen molar-refractivity contribution in [3.8, 4) is 11.6 Å². The van der Waals surface area contributed by atoms with Gasteiger partial charge in [0.1, 0.15) is 5.75 Å². The van der Waals surface area contributed by atoms with Gasteiger partial charge in [0.15, 0.2) is 5.82 Å². The molecule has 5 rings (SSSR count). The largest absolute Gasteiger partial charge is 0.506 e. The fourth-order valence-corrected chi connectivity index (χ4v) is 3.78. The molecular weight excluding hydrogens is 414 g/mol. The second-order valence-corrected chi connectivity index (χ2v) is 7.62. The number of carbonyl (C=O) groups is 1. The van der Waals surface area contributed by atoms with E-state index in [4.69, 9.17) is 0 Å². The summed E-state index contributed by atoms with van der Waals surface area (Å²) in [5, 5.41) is 15.9. The number of anilines is 1. The summed E-state index contributed by atoms with van der Waals surface area (Å²) in [4.78, 5) is 24.2. The Morgan fingerprint density at radius 2 is 1.76 bits per heavy atom. The van der Waals surface area contributed by atoms with Crippen LogP contribution in [0.5, 0.6) is 5.75 Å². The monoisotopic (exact) mass is 435 g/mol. The van der Waals surface area contributed by atoms with Crippen molar-refractivity contribution in [2.45, 2.75) is 13.5 Å². The van der Waals surface area contributed by atoms with E-state index in [1.165, 1.54) is 4.90 Å². The molecule has 0 unspecified atom stereocenters. The van der Waals surface area contributed by atoms with Gasteiger partial charge >= 0.3 is 0 Å². The Hall–Kier alpha value is -4.52. The van der Waals surface area contributed by atoms with Gasteiger partial charge in [-0.05, 0) is 49.4 Å². The standard InChI is InChI=1S/C26H21N5O2/c1-18-21(16-28-31(18)25-14-13-19-8-2-3-10-22(19)29-25)26(33)30(17-20-9-6-7-15-27-20)23-11-4-5-12-24(23)32/h2-16,32H,17H2,1H3. The van der Waals surface area contributed by atoms with Crippen LogP contribution in [-0.2, 0) is 6.54 Å². The van der Waals surface area contributed by atoms with Gasteiger partial charge in [-0.1, -0.05) is 36.4 Å². The smallest absolute Gasteiger partial charge is 0.262 e. The molecule has 0 saturated carbocycles. The Morgan fingerprint density at radius 3 is 2.58 bits per heavy atom. The number of nitrogens with zero attached hydrogens (tertiary/aromatic N) is 5. The van der Waals surface area contributed by atoms with E-state index in [1.807, 2.05) is 61.5 Å². The molecule has 0 spiro atoms. The average Bonchev–Trinajstić information content (AvgIpc) is 3.24. The zero-order valence-corrected chi connectivity index (χ0v) is 18.0. The average molecular weight is 435 g/mol. The topological polar surface area (TPSA) is 84.1 Å². The number of aromatic nitrogens is 4. The molecule has 0 aliphatic carbocycles. The van der Waals surface area contributed by atoms with Gasteiger partial charge in [-0.3, -0.25) is 14.7 Å². The molecule has 0 radical (unpaired) electrons. The summed E-state index contributed by atoms with van der Waals surface area (Å²) in [6.07, 6.45) is 3.22. The van der Waals surface area contributed by atoms with Gasteiger partial charge in [-0.15, -0.1) is 0 Å². The van der Waals surface area contributed by atoms with Crippen LogP contribution in [0, 0.1) is 6.92 Å². The molecule has 0 fully saturated rings. The first-order valence-electron chi connectivity index (χ1n) is 10.5. The molecule has 0 bridgehead atoms. The number of pyridine rings is 2. The van der Waals surface area contributed by atoms with Crippen molar-refractivity contribution >= 4 is 22.5 Å². The molecule has 7 nitrogen and oxygen atoms in total. The minimum atomic E-state index is -0.285. The van der Waals surface area contributed by atoms with Crippen LogP contribution < -0.4 is 4.90 Å². The van der Waals surface area contributed by atoms with Gasteiger partial charge in [0.25, 0.3) is 5.91 Å². The molecule has 1 N–H and O–H groups in total. The summed E-state index contributed by atoms with van der Waals surface area (Å²) >= 11 is 0. The van der Waals surface area contributed by atoms with Crippen LogP contribution in [0.1, 0.15) is 21.7 Å². The van der Waals surface area contributed by atoms with Gasteiger partial charge in [0.05, 0.1) is 40.9 Å². The Labute approximate surface area is 190 Å². The number of hydrogen-bond acceptors (Lipinski definition) is 5. The van der Waals surface area contributed by atoms with E-state index < -0.39 is 0 Å².